The maximum absolute atomic E-state index is 12.6. The fourth-order valence-corrected chi connectivity index (χ4v) is 3.76. The van der Waals surface area contributed by atoms with Gasteiger partial charge in [0.15, 0.2) is 0 Å². The highest BCUT2D eigenvalue weighted by atomic mass is 16.1. The number of aryl methyl sites for hydroxylation is 2. The van der Waals surface area contributed by atoms with E-state index in [1.165, 1.54) is 5.56 Å². The Bertz CT molecular complexity index is 1220. The molecule has 0 saturated carbocycles. The van der Waals surface area contributed by atoms with Crippen molar-refractivity contribution in [2.24, 2.45) is 0 Å². The van der Waals surface area contributed by atoms with Crippen LogP contribution < -0.4 is 10.6 Å². The molecule has 32 heavy (non-hydrogen) atoms. The summed E-state index contributed by atoms with van der Waals surface area (Å²) < 4.78 is 0. The number of rotatable bonds is 8. The zero-order valence-electron chi connectivity index (χ0n) is 19.4. The number of nitrogens with one attached hydrogen (secondary N) is 2. The van der Waals surface area contributed by atoms with Gasteiger partial charge in [-0.2, -0.15) is 0 Å². The lowest BCUT2D eigenvalue weighted by Gasteiger charge is -2.12. The highest BCUT2D eigenvalue weighted by Gasteiger charge is 2.08. The monoisotopic (exact) mass is 425 g/mol. The standard InChI is InChI=1S/C28H31N3O/c1-18(2)25-9-7-23(13-20(25)4)17-31-28(32)21(5)14-24(29-6)15-22-8-10-27-26(16-22)19(3)11-12-30-27/h7-14,16,29H,1,5,15,17H2,2-4,6H3,(H,31,32)/b24-14-. The molecule has 3 aromatic rings. The van der Waals surface area contributed by atoms with Crippen molar-refractivity contribution in [3.05, 3.63) is 107 Å². The summed E-state index contributed by atoms with van der Waals surface area (Å²) in [5, 5.41) is 7.30. The highest BCUT2D eigenvalue weighted by Crippen LogP contribution is 2.20. The summed E-state index contributed by atoms with van der Waals surface area (Å²) >= 11 is 0. The Morgan fingerprint density at radius 3 is 2.47 bits per heavy atom. The van der Waals surface area contributed by atoms with Crippen molar-refractivity contribution in [3.63, 3.8) is 0 Å². The molecule has 0 saturated heterocycles. The molecule has 0 aliphatic heterocycles. The zero-order chi connectivity index (χ0) is 23.3. The van der Waals surface area contributed by atoms with Crippen LogP contribution in [0, 0.1) is 13.8 Å². The van der Waals surface area contributed by atoms with Crippen LogP contribution in [0.5, 0.6) is 0 Å². The molecule has 1 heterocycles. The van der Waals surface area contributed by atoms with Crippen molar-refractivity contribution in [1.82, 2.24) is 15.6 Å². The summed E-state index contributed by atoms with van der Waals surface area (Å²) in [6, 6.07) is 14.4. The van der Waals surface area contributed by atoms with Gasteiger partial charge in [-0.3, -0.25) is 9.78 Å². The molecule has 0 aliphatic rings. The minimum atomic E-state index is -0.182. The molecule has 0 fully saturated rings. The van der Waals surface area contributed by atoms with Crippen molar-refractivity contribution < 1.29 is 4.79 Å². The number of carbonyl (C=O) groups is 1. The molecule has 4 nitrogen and oxygen atoms in total. The second-order valence-corrected chi connectivity index (χ2v) is 8.21. The minimum Gasteiger partial charge on any atom is -0.391 e. The largest absolute Gasteiger partial charge is 0.391 e. The quantitative estimate of drug-likeness (QED) is 0.375. The Kier molecular flexibility index (Phi) is 7.26. The number of fused-ring (bicyclic) bond motifs is 1. The molecule has 3 rings (SSSR count). The Labute approximate surface area is 190 Å². The van der Waals surface area contributed by atoms with Gasteiger partial charge in [-0.25, -0.2) is 0 Å². The third-order valence-electron chi connectivity index (χ3n) is 5.58. The first-order chi connectivity index (χ1) is 15.3. The van der Waals surface area contributed by atoms with Gasteiger partial charge in [-0.15, -0.1) is 0 Å². The number of pyridine rings is 1. The van der Waals surface area contributed by atoms with Crippen molar-refractivity contribution in [1.29, 1.82) is 0 Å². The summed E-state index contributed by atoms with van der Waals surface area (Å²) in [7, 11) is 1.86. The van der Waals surface area contributed by atoms with Crippen LogP contribution in [0.15, 0.2) is 79.2 Å². The number of allylic oxidation sites excluding steroid dienone is 2. The molecule has 2 N–H and O–H groups in total. The fourth-order valence-electron chi connectivity index (χ4n) is 3.76. The van der Waals surface area contributed by atoms with Gasteiger partial charge in [-0.05, 0) is 72.9 Å². The first-order valence-corrected chi connectivity index (χ1v) is 10.7. The van der Waals surface area contributed by atoms with Crippen LogP contribution in [0.1, 0.15) is 34.7 Å². The Balaban J connectivity index is 1.66. The number of likely N-dealkylation sites (N-methyl/N-ethyl adjacent to an activating group) is 1. The van der Waals surface area contributed by atoms with Crippen molar-refractivity contribution in [2.45, 2.75) is 33.7 Å². The van der Waals surface area contributed by atoms with Crippen LogP contribution in [0.25, 0.3) is 16.5 Å². The summed E-state index contributed by atoms with van der Waals surface area (Å²) in [5.74, 6) is -0.182. The molecule has 2 aromatic carbocycles. The normalized spacial score (nSPS) is 11.3. The van der Waals surface area contributed by atoms with Crippen LogP contribution >= 0.6 is 0 Å². The van der Waals surface area contributed by atoms with E-state index in [9.17, 15) is 4.79 Å². The minimum absolute atomic E-state index is 0.182. The number of hydrogen-bond donors (Lipinski definition) is 2. The summed E-state index contributed by atoms with van der Waals surface area (Å²) in [6.07, 6.45) is 4.31. The van der Waals surface area contributed by atoms with Gasteiger partial charge < -0.3 is 10.6 Å². The number of nitrogens with zero attached hydrogens (tertiary/aromatic N) is 1. The molecule has 4 heteroatoms. The summed E-state index contributed by atoms with van der Waals surface area (Å²) in [6.45, 7) is 14.6. The maximum Gasteiger partial charge on any atom is 0.251 e. The molecular formula is C28H31N3O. The van der Waals surface area contributed by atoms with Gasteiger partial charge in [0, 0.05) is 42.9 Å². The third kappa shape index (κ3) is 5.52. The van der Waals surface area contributed by atoms with Gasteiger partial charge in [-0.1, -0.05) is 43.0 Å². The van der Waals surface area contributed by atoms with E-state index in [0.29, 0.717) is 18.5 Å². The van der Waals surface area contributed by atoms with E-state index in [0.717, 1.165) is 44.4 Å². The van der Waals surface area contributed by atoms with Crippen molar-refractivity contribution in [2.75, 3.05) is 7.05 Å². The molecule has 1 aromatic heterocycles. The van der Waals surface area contributed by atoms with E-state index in [1.807, 2.05) is 50.5 Å². The summed E-state index contributed by atoms with van der Waals surface area (Å²) in [5.41, 5.74) is 9.06. The maximum atomic E-state index is 12.6. The predicted molar refractivity (Wildman–Crippen MR) is 134 cm³/mol. The van der Waals surface area contributed by atoms with E-state index in [1.54, 1.807) is 0 Å². The molecule has 0 atom stereocenters. The first-order valence-electron chi connectivity index (χ1n) is 10.7. The second-order valence-electron chi connectivity index (χ2n) is 8.21. The molecule has 164 valence electrons. The van der Waals surface area contributed by atoms with E-state index in [2.05, 4.69) is 60.8 Å². The Morgan fingerprint density at radius 1 is 1.03 bits per heavy atom. The van der Waals surface area contributed by atoms with Crippen LogP contribution in [0.4, 0.5) is 0 Å². The van der Waals surface area contributed by atoms with Gasteiger partial charge in [0.1, 0.15) is 0 Å². The molecule has 0 bridgehead atoms. The van der Waals surface area contributed by atoms with Crippen LogP contribution in [0.2, 0.25) is 0 Å². The van der Waals surface area contributed by atoms with E-state index in [4.69, 9.17) is 0 Å². The molecule has 0 aliphatic carbocycles. The number of hydrogen-bond acceptors (Lipinski definition) is 3. The fraction of sp³-hybridized carbons (Fsp3) is 0.214. The van der Waals surface area contributed by atoms with Gasteiger partial charge >= 0.3 is 0 Å². The van der Waals surface area contributed by atoms with Crippen LogP contribution in [0.3, 0.4) is 0 Å². The Morgan fingerprint density at radius 2 is 1.78 bits per heavy atom. The van der Waals surface area contributed by atoms with Crippen LogP contribution in [-0.4, -0.2) is 17.9 Å². The lowest BCUT2D eigenvalue weighted by molar-refractivity contribution is -0.117. The predicted octanol–water partition coefficient (Wildman–Crippen LogP) is 5.40. The van der Waals surface area contributed by atoms with Gasteiger partial charge in [0.25, 0.3) is 5.91 Å². The topological polar surface area (TPSA) is 54.0 Å². The van der Waals surface area contributed by atoms with Crippen molar-refractivity contribution >= 4 is 22.4 Å². The van der Waals surface area contributed by atoms with E-state index >= 15 is 0 Å². The Hall–Kier alpha value is -3.66. The SMILES string of the molecule is C=C(/C=C(/Cc1ccc2nccc(C)c2c1)NC)C(=O)NCc1ccc(C(=C)C)c(C)c1. The lowest BCUT2D eigenvalue weighted by Crippen LogP contribution is -2.24. The number of aromatic nitrogens is 1. The van der Waals surface area contributed by atoms with Crippen LogP contribution in [-0.2, 0) is 17.8 Å². The second kappa shape index (κ2) is 10.1. The number of carbonyl (C=O) groups excluding carboxylic acids is 1. The average Bonchev–Trinajstić information content (AvgIpc) is 2.77. The van der Waals surface area contributed by atoms with E-state index in [-0.39, 0.29) is 5.91 Å². The van der Waals surface area contributed by atoms with Crippen molar-refractivity contribution in [3.8, 4) is 0 Å². The molecule has 0 radical (unpaired) electrons. The lowest BCUT2D eigenvalue weighted by atomic mass is 10.0. The summed E-state index contributed by atoms with van der Waals surface area (Å²) in [4.78, 5) is 17.0. The number of benzene rings is 2. The first kappa shape index (κ1) is 23.0. The smallest absolute Gasteiger partial charge is 0.251 e. The molecular weight excluding hydrogens is 394 g/mol. The molecule has 1 amide bonds. The van der Waals surface area contributed by atoms with E-state index < -0.39 is 0 Å². The third-order valence-corrected chi connectivity index (χ3v) is 5.58. The molecule has 0 spiro atoms. The molecule has 0 unspecified atom stereocenters. The van der Waals surface area contributed by atoms with Gasteiger partial charge in [0.05, 0.1) is 5.52 Å². The highest BCUT2D eigenvalue weighted by molar-refractivity contribution is 5.95. The van der Waals surface area contributed by atoms with Gasteiger partial charge in [0.2, 0.25) is 0 Å². The number of amides is 1. The average molecular weight is 426 g/mol. The zero-order valence-corrected chi connectivity index (χ0v) is 19.4.